The fraction of sp³-hybridized carbons (Fsp3) is 0.368. The summed E-state index contributed by atoms with van der Waals surface area (Å²) in [7, 11) is 0. The highest BCUT2D eigenvalue weighted by molar-refractivity contribution is 5.75. The Labute approximate surface area is 151 Å². The second-order valence-corrected chi connectivity index (χ2v) is 6.30. The van der Waals surface area contributed by atoms with Crippen molar-refractivity contribution in [2.45, 2.75) is 25.9 Å². The van der Waals surface area contributed by atoms with E-state index in [0.29, 0.717) is 26.3 Å². The molecule has 2 amide bonds. The molecule has 1 aliphatic heterocycles. The van der Waals surface area contributed by atoms with Crippen molar-refractivity contribution in [1.29, 1.82) is 0 Å². The van der Waals surface area contributed by atoms with Gasteiger partial charge in [-0.3, -0.25) is 0 Å². The van der Waals surface area contributed by atoms with Crippen molar-refractivity contribution in [2.75, 3.05) is 19.8 Å². The topological polar surface area (TPSA) is 72.0 Å². The number of furan rings is 1. The average Bonchev–Trinajstić information content (AvgIpc) is 3.33. The maximum absolute atomic E-state index is 12.8. The number of nitrogens with zero attached hydrogens (tertiary/aromatic N) is 3. The number of nitrogens with one attached hydrogen (secondary N) is 1. The zero-order valence-corrected chi connectivity index (χ0v) is 14.7. The van der Waals surface area contributed by atoms with Gasteiger partial charge >= 0.3 is 6.03 Å². The number of pyridine rings is 1. The highest BCUT2D eigenvalue weighted by Crippen LogP contribution is 2.26. The molecule has 1 fully saturated rings. The summed E-state index contributed by atoms with van der Waals surface area (Å²) in [5.41, 5.74) is 1.97. The number of ether oxygens (including phenoxy) is 1. The number of aromatic nitrogens is 2. The Bertz CT molecular complexity index is 901. The molecule has 7 heteroatoms. The molecule has 26 heavy (non-hydrogen) atoms. The van der Waals surface area contributed by atoms with Gasteiger partial charge in [0.2, 0.25) is 0 Å². The SMILES string of the molecule is CCc1ccc(C2COCCN2C(=O)NCc2cnn3ccccc23)o1. The van der Waals surface area contributed by atoms with E-state index in [1.165, 1.54) is 0 Å². The van der Waals surface area contributed by atoms with E-state index >= 15 is 0 Å². The summed E-state index contributed by atoms with van der Waals surface area (Å²) < 4.78 is 13.2. The molecule has 1 saturated heterocycles. The zero-order valence-electron chi connectivity index (χ0n) is 14.7. The Balaban J connectivity index is 1.46. The molecule has 0 aromatic carbocycles. The van der Waals surface area contributed by atoms with Crippen LogP contribution in [0.3, 0.4) is 0 Å². The van der Waals surface area contributed by atoms with Crippen LogP contribution in [-0.2, 0) is 17.7 Å². The van der Waals surface area contributed by atoms with Gasteiger partial charge in [-0.2, -0.15) is 5.10 Å². The number of fused-ring (bicyclic) bond motifs is 1. The number of rotatable bonds is 4. The normalized spacial score (nSPS) is 17.6. The van der Waals surface area contributed by atoms with E-state index in [9.17, 15) is 4.79 Å². The molecule has 4 rings (SSSR count). The third kappa shape index (κ3) is 3.17. The summed E-state index contributed by atoms with van der Waals surface area (Å²) in [5, 5.41) is 7.30. The fourth-order valence-corrected chi connectivity index (χ4v) is 3.24. The molecule has 0 spiro atoms. The van der Waals surface area contributed by atoms with Gasteiger partial charge in [0.15, 0.2) is 0 Å². The van der Waals surface area contributed by atoms with Crippen LogP contribution in [0.15, 0.2) is 47.1 Å². The summed E-state index contributed by atoms with van der Waals surface area (Å²) in [4.78, 5) is 14.6. The first-order valence-corrected chi connectivity index (χ1v) is 8.88. The molecule has 1 unspecified atom stereocenters. The molecular weight excluding hydrogens is 332 g/mol. The van der Waals surface area contributed by atoms with E-state index in [4.69, 9.17) is 9.15 Å². The predicted octanol–water partition coefficient (Wildman–Crippen LogP) is 2.77. The van der Waals surface area contributed by atoms with Crippen molar-refractivity contribution in [3.63, 3.8) is 0 Å². The largest absolute Gasteiger partial charge is 0.464 e. The molecule has 3 aromatic rings. The van der Waals surface area contributed by atoms with Crippen molar-refractivity contribution in [2.24, 2.45) is 0 Å². The van der Waals surface area contributed by atoms with Crippen LogP contribution >= 0.6 is 0 Å². The number of hydrogen-bond donors (Lipinski definition) is 1. The molecule has 4 heterocycles. The molecule has 136 valence electrons. The smallest absolute Gasteiger partial charge is 0.318 e. The van der Waals surface area contributed by atoms with E-state index in [1.807, 2.05) is 43.5 Å². The number of carbonyl (C=O) groups is 1. The molecule has 3 aromatic heterocycles. The van der Waals surface area contributed by atoms with Gasteiger partial charge in [0.25, 0.3) is 0 Å². The van der Waals surface area contributed by atoms with Gasteiger partial charge in [-0.25, -0.2) is 9.31 Å². The summed E-state index contributed by atoms with van der Waals surface area (Å²) in [5.74, 6) is 1.69. The third-order valence-corrected chi connectivity index (χ3v) is 4.68. The van der Waals surface area contributed by atoms with Gasteiger partial charge in [0.05, 0.1) is 24.9 Å². The molecule has 0 radical (unpaired) electrons. The van der Waals surface area contributed by atoms with Crippen LogP contribution in [0, 0.1) is 0 Å². The number of hydrogen-bond acceptors (Lipinski definition) is 4. The van der Waals surface area contributed by atoms with E-state index in [0.717, 1.165) is 29.0 Å². The first-order valence-electron chi connectivity index (χ1n) is 8.88. The monoisotopic (exact) mass is 354 g/mol. The molecule has 1 atom stereocenters. The maximum atomic E-state index is 12.8. The lowest BCUT2D eigenvalue weighted by Gasteiger charge is -2.34. The van der Waals surface area contributed by atoms with Gasteiger partial charge in [0.1, 0.15) is 17.6 Å². The van der Waals surface area contributed by atoms with Crippen molar-refractivity contribution in [3.05, 3.63) is 59.8 Å². The van der Waals surface area contributed by atoms with Crippen LogP contribution in [-0.4, -0.2) is 40.3 Å². The van der Waals surface area contributed by atoms with Crippen LogP contribution in [0.2, 0.25) is 0 Å². The maximum Gasteiger partial charge on any atom is 0.318 e. The average molecular weight is 354 g/mol. The Hall–Kier alpha value is -2.80. The van der Waals surface area contributed by atoms with Gasteiger partial charge in [-0.15, -0.1) is 0 Å². The highest BCUT2D eigenvalue weighted by atomic mass is 16.5. The standard InChI is InChI=1S/C19H22N4O3/c1-2-15-6-7-18(26-15)17-13-25-10-9-22(17)19(24)20-11-14-12-21-23-8-4-3-5-16(14)23/h3-8,12,17H,2,9-11,13H2,1H3,(H,20,24). The first kappa shape index (κ1) is 16.7. The lowest BCUT2D eigenvalue weighted by Crippen LogP contribution is -2.47. The van der Waals surface area contributed by atoms with E-state index in [2.05, 4.69) is 10.4 Å². The Morgan fingerprint density at radius 1 is 1.35 bits per heavy atom. The van der Waals surface area contributed by atoms with Crippen molar-refractivity contribution in [3.8, 4) is 0 Å². The van der Waals surface area contributed by atoms with E-state index in [-0.39, 0.29) is 12.1 Å². The van der Waals surface area contributed by atoms with E-state index in [1.54, 1.807) is 15.6 Å². The summed E-state index contributed by atoms with van der Waals surface area (Å²) in [6.45, 7) is 3.98. The Morgan fingerprint density at radius 2 is 2.27 bits per heavy atom. The number of amides is 2. The minimum absolute atomic E-state index is 0.122. The number of urea groups is 1. The third-order valence-electron chi connectivity index (χ3n) is 4.68. The van der Waals surface area contributed by atoms with Crippen LogP contribution < -0.4 is 5.32 Å². The Morgan fingerprint density at radius 3 is 3.12 bits per heavy atom. The molecule has 0 aliphatic carbocycles. The van der Waals surface area contributed by atoms with Gasteiger partial charge < -0.3 is 19.4 Å². The predicted molar refractivity (Wildman–Crippen MR) is 95.8 cm³/mol. The molecule has 1 N–H and O–H groups in total. The van der Waals surface area contributed by atoms with Crippen LogP contribution in [0.1, 0.15) is 30.0 Å². The number of aryl methyl sites for hydroxylation is 1. The molecule has 1 aliphatic rings. The zero-order chi connectivity index (χ0) is 17.9. The minimum atomic E-state index is -0.201. The molecule has 0 bridgehead atoms. The van der Waals surface area contributed by atoms with Crippen molar-refractivity contribution < 1.29 is 13.9 Å². The minimum Gasteiger partial charge on any atom is -0.464 e. The van der Waals surface area contributed by atoms with Crippen molar-refractivity contribution >= 4 is 11.5 Å². The van der Waals surface area contributed by atoms with E-state index < -0.39 is 0 Å². The van der Waals surface area contributed by atoms with Crippen LogP contribution in [0.5, 0.6) is 0 Å². The van der Waals surface area contributed by atoms with Gasteiger partial charge in [-0.1, -0.05) is 13.0 Å². The van der Waals surface area contributed by atoms with Crippen LogP contribution in [0.25, 0.3) is 5.52 Å². The second-order valence-electron chi connectivity index (χ2n) is 6.30. The summed E-state index contributed by atoms with van der Waals surface area (Å²) >= 11 is 0. The van der Waals surface area contributed by atoms with Crippen molar-refractivity contribution in [1.82, 2.24) is 19.8 Å². The van der Waals surface area contributed by atoms with Gasteiger partial charge in [0, 0.05) is 31.3 Å². The summed E-state index contributed by atoms with van der Waals surface area (Å²) in [6.07, 6.45) is 4.50. The number of carbonyl (C=O) groups excluding carboxylic acids is 1. The first-order chi connectivity index (χ1) is 12.8. The second kappa shape index (κ2) is 7.21. The van der Waals surface area contributed by atoms with Gasteiger partial charge in [-0.05, 0) is 24.3 Å². The summed E-state index contributed by atoms with van der Waals surface area (Å²) in [6, 6.07) is 9.44. The molecule has 0 saturated carbocycles. The number of morpholine rings is 1. The van der Waals surface area contributed by atoms with Crippen LogP contribution in [0.4, 0.5) is 4.79 Å². The fourth-order valence-electron chi connectivity index (χ4n) is 3.24. The molecular formula is C19H22N4O3. The molecule has 7 nitrogen and oxygen atoms in total. The lowest BCUT2D eigenvalue weighted by atomic mass is 10.2. The Kier molecular flexibility index (Phi) is 4.62. The lowest BCUT2D eigenvalue weighted by molar-refractivity contribution is 0.00392. The quantitative estimate of drug-likeness (QED) is 0.782. The highest BCUT2D eigenvalue weighted by Gasteiger charge is 2.30.